The number of hydrogen-bond donors (Lipinski definition) is 0. The highest BCUT2D eigenvalue weighted by atomic mass is 14.9. The smallest absolute Gasteiger partial charge is 0.116 e. The normalized spacial score (nSPS) is 17.9. The minimum atomic E-state index is -0.285. The first-order valence-corrected chi connectivity index (χ1v) is 4.92. The Labute approximate surface area is 83.8 Å². The maximum atomic E-state index is 9.03. The summed E-state index contributed by atoms with van der Waals surface area (Å²) >= 11 is 0. The van der Waals surface area contributed by atoms with Gasteiger partial charge in [0.05, 0.1) is 17.2 Å². The van der Waals surface area contributed by atoms with E-state index in [0.29, 0.717) is 5.92 Å². The molecule has 1 aromatic rings. The number of nitrogens with zero attached hydrogens (tertiary/aromatic N) is 3. The topological polar surface area (TPSA) is 49.6 Å². The van der Waals surface area contributed by atoms with Crippen molar-refractivity contribution in [2.75, 3.05) is 0 Å². The number of aromatic nitrogens is 2. The van der Waals surface area contributed by atoms with Gasteiger partial charge in [0.15, 0.2) is 0 Å². The van der Waals surface area contributed by atoms with Gasteiger partial charge in [-0.1, -0.05) is 13.8 Å². The summed E-state index contributed by atoms with van der Waals surface area (Å²) in [5.41, 5.74) is 1.64. The summed E-state index contributed by atoms with van der Waals surface area (Å²) in [6.45, 7) is 4.19. The van der Waals surface area contributed by atoms with Crippen LogP contribution in [-0.4, -0.2) is 9.97 Å². The molecule has 1 saturated carbocycles. The zero-order valence-electron chi connectivity index (χ0n) is 8.49. The molecule has 1 heterocycles. The Morgan fingerprint density at radius 2 is 2.14 bits per heavy atom. The van der Waals surface area contributed by atoms with Crippen molar-refractivity contribution in [1.82, 2.24) is 9.97 Å². The molecule has 0 aliphatic heterocycles. The fourth-order valence-electron chi connectivity index (χ4n) is 1.50. The predicted octanol–water partition coefficient (Wildman–Crippen LogP) is 2.16. The molecule has 0 saturated heterocycles. The van der Waals surface area contributed by atoms with Gasteiger partial charge in [-0.3, -0.25) is 0 Å². The molecule has 3 heteroatoms. The summed E-state index contributed by atoms with van der Waals surface area (Å²) in [4.78, 5) is 8.39. The zero-order chi connectivity index (χ0) is 10.2. The van der Waals surface area contributed by atoms with Gasteiger partial charge in [-0.05, 0) is 24.8 Å². The van der Waals surface area contributed by atoms with Crippen molar-refractivity contribution < 1.29 is 0 Å². The molecule has 1 aliphatic rings. The van der Waals surface area contributed by atoms with Gasteiger partial charge < -0.3 is 0 Å². The molecule has 72 valence electrons. The van der Waals surface area contributed by atoms with E-state index in [4.69, 9.17) is 5.26 Å². The van der Waals surface area contributed by atoms with Crippen molar-refractivity contribution >= 4 is 0 Å². The van der Waals surface area contributed by atoms with Gasteiger partial charge in [0.2, 0.25) is 0 Å². The first-order chi connectivity index (χ1) is 6.68. The third-order valence-electron chi connectivity index (χ3n) is 2.73. The molecule has 0 spiro atoms. The summed E-state index contributed by atoms with van der Waals surface area (Å²) in [5, 5.41) is 9.03. The molecule has 2 rings (SSSR count). The Bertz CT molecular complexity index is 386. The van der Waals surface area contributed by atoms with Crippen LogP contribution in [0.25, 0.3) is 0 Å². The van der Waals surface area contributed by atoms with Crippen molar-refractivity contribution in [2.24, 2.45) is 0 Å². The molecule has 1 aliphatic carbocycles. The minimum Gasteiger partial charge on any atom is -0.241 e. The molecule has 14 heavy (non-hydrogen) atoms. The maximum Gasteiger partial charge on any atom is 0.116 e. The minimum absolute atomic E-state index is 0.285. The van der Waals surface area contributed by atoms with Crippen LogP contribution in [0.3, 0.4) is 0 Å². The van der Waals surface area contributed by atoms with E-state index in [1.54, 1.807) is 6.33 Å². The van der Waals surface area contributed by atoms with Crippen LogP contribution >= 0.6 is 0 Å². The van der Waals surface area contributed by atoms with E-state index in [1.165, 1.54) is 0 Å². The molecular formula is C11H13N3. The second-order valence-corrected chi connectivity index (χ2v) is 4.18. The van der Waals surface area contributed by atoms with Gasteiger partial charge in [0.25, 0.3) is 0 Å². The first-order valence-electron chi connectivity index (χ1n) is 4.92. The lowest BCUT2D eigenvalue weighted by molar-refractivity contribution is 0.776. The highest BCUT2D eigenvalue weighted by Crippen LogP contribution is 2.46. The van der Waals surface area contributed by atoms with Crippen molar-refractivity contribution in [2.45, 2.75) is 38.0 Å². The van der Waals surface area contributed by atoms with Crippen LogP contribution in [0.5, 0.6) is 0 Å². The predicted molar refractivity (Wildman–Crippen MR) is 52.6 cm³/mol. The molecule has 0 atom stereocenters. The third-order valence-corrected chi connectivity index (χ3v) is 2.73. The van der Waals surface area contributed by atoms with Crippen LogP contribution in [0.2, 0.25) is 0 Å². The van der Waals surface area contributed by atoms with E-state index in [0.717, 1.165) is 24.2 Å². The summed E-state index contributed by atoms with van der Waals surface area (Å²) in [6, 6.07) is 4.32. The van der Waals surface area contributed by atoms with Gasteiger partial charge in [-0.25, -0.2) is 9.97 Å². The average Bonchev–Trinajstić information content (AvgIpc) is 2.98. The second kappa shape index (κ2) is 3.06. The highest BCUT2D eigenvalue weighted by Gasteiger charge is 2.46. The van der Waals surface area contributed by atoms with E-state index >= 15 is 0 Å². The van der Waals surface area contributed by atoms with Crippen LogP contribution in [-0.2, 0) is 5.41 Å². The van der Waals surface area contributed by atoms with Gasteiger partial charge in [-0.15, -0.1) is 0 Å². The van der Waals surface area contributed by atoms with E-state index in [2.05, 4.69) is 29.9 Å². The van der Waals surface area contributed by atoms with Crippen molar-refractivity contribution in [1.29, 1.82) is 5.26 Å². The van der Waals surface area contributed by atoms with Crippen molar-refractivity contribution in [3.8, 4) is 6.07 Å². The summed E-state index contributed by atoms with van der Waals surface area (Å²) < 4.78 is 0. The van der Waals surface area contributed by atoms with Crippen molar-refractivity contribution in [3.63, 3.8) is 0 Å². The van der Waals surface area contributed by atoms with Crippen LogP contribution in [0.15, 0.2) is 12.4 Å². The van der Waals surface area contributed by atoms with Gasteiger partial charge in [-0.2, -0.15) is 5.26 Å². The standard InChI is InChI=1S/C11H13N3/c1-8(2)9-5-10(14-7-13-9)11(6-12)3-4-11/h5,7-8H,3-4H2,1-2H3. The molecule has 0 amide bonds. The average molecular weight is 187 g/mol. The monoisotopic (exact) mass is 187 g/mol. The number of rotatable bonds is 2. The molecule has 0 unspecified atom stereocenters. The second-order valence-electron chi connectivity index (χ2n) is 4.18. The molecule has 0 radical (unpaired) electrons. The fourth-order valence-corrected chi connectivity index (χ4v) is 1.50. The molecule has 0 bridgehead atoms. The van der Waals surface area contributed by atoms with E-state index < -0.39 is 0 Å². The SMILES string of the molecule is CC(C)c1cc(C2(C#N)CC2)ncn1. The largest absolute Gasteiger partial charge is 0.241 e. The summed E-state index contributed by atoms with van der Waals surface area (Å²) in [5.74, 6) is 0.395. The van der Waals surface area contributed by atoms with E-state index in [1.807, 2.05) is 6.07 Å². The lowest BCUT2D eigenvalue weighted by Gasteiger charge is -2.08. The van der Waals surface area contributed by atoms with Gasteiger partial charge in [0.1, 0.15) is 6.33 Å². The molecule has 3 nitrogen and oxygen atoms in total. The van der Waals surface area contributed by atoms with Crippen LogP contribution in [0.4, 0.5) is 0 Å². The molecule has 1 aromatic heterocycles. The van der Waals surface area contributed by atoms with Crippen molar-refractivity contribution in [3.05, 3.63) is 23.8 Å². The number of nitriles is 1. The molecule has 0 N–H and O–H groups in total. The Morgan fingerprint density at radius 1 is 1.43 bits per heavy atom. The van der Waals surface area contributed by atoms with E-state index in [9.17, 15) is 0 Å². The van der Waals surface area contributed by atoms with Gasteiger partial charge >= 0.3 is 0 Å². The summed E-state index contributed by atoms with van der Waals surface area (Å²) in [6.07, 6.45) is 3.46. The Hall–Kier alpha value is -1.43. The quantitative estimate of drug-likeness (QED) is 0.712. The van der Waals surface area contributed by atoms with Gasteiger partial charge in [0, 0.05) is 5.69 Å². The highest BCUT2D eigenvalue weighted by molar-refractivity contribution is 5.34. The first kappa shape index (κ1) is 9.14. The third kappa shape index (κ3) is 1.37. The van der Waals surface area contributed by atoms with Crippen LogP contribution in [0, 0.1) is 11.3 Å². The van der Waals surface area contributed by atoms with E-state index in [-0.39, 0.29) is 5.41 Å². The molecular weight excluding hydrogens is 174 g/mol. The lowest BCUT2D eigenvalue weighted by atomic mass is 10.0. The lowest BCUT2D eigenvalue weighted by Crippen LogP contribution is -2.07. The number of hydrogen-bond acceptors (Lipinski definition) is 3. The fraction of sp³-hybridized carbons (Fsp3) is 0.545. The zero-order valence-corrected chi connectivity index (χ0v) is 8.49. The maximum absolute atomic E-state index is 9.03. The van der Waals surface area contributed by atoms with Crippen LogP contribution in [0.1, 0.15) is 44.0 Å². The Balaban J connectivity index is 2.37. The molecule has 0 aromatic carbocycles. The Morgan fingerprint density at radius 3 is 2.64 bits per heavy atom. The molecule has 1 fully saturated rings. The van der Waals surface area contributed by atoms with Crippen LogP contribution < -0.4 is 0 Å². The summed E-state index contributed by atoms with van der Waals surface area (Å²) in [7, 11) is 0. The Kier molecular flexibility index (Phi) is 1.99.